The highest BCUT2D eigenvalue weighted by molar-refractivity contribution is 4.96. The Hall–Kier alpha value is -0.300. The molecule has 1 rings (SSSR count). The van der Waals surface area contributed by atoms with Gasteiger partial charge in [0.25, 0.3) is 0 Å². The molecule has 1 fully saturated rings. The van der Waals surface area contributed by atoms with Gasteiger partial charge in [0.1, 0.15) is 0 Å². The fraction of sp³-hybridized carbons (Fsp3) is 0.875. The summed E-state index contributed by atoms with van der Waals surface area (Å²) in [6, 6.07) is 0. The van der Waals surface area contributed by atoms with Crippen LogP contribution >= 0.6 is 0 Å². The zero-order valence-corrected chi connectivity index (χ0v) is 12.4. The minimum atomic E-state index is -0.0248. The van der Waals surface area contributed by atoms with Crippen LogP contribution in [0.4, 0.5) is 0 Å². The molecule has 0 aromatic rings. The molecule has 0 bridgehead atoms. The van der Waals surface area contributed by atoms with Crippen molar-refractivity contribution < 1.29 is 4.74 Å². The lowest BCUT2D eigenvalue weighted by Crippen LogP contribution is -2.41. The van der Waals surface area contributed by atoms with Crippen LogP contribution in [0.1, 0.15) is 73.1 Å². The van der Waals surface area contributed by atoms with Gasteiger partial charge in [-0.1, -0.05) is 45.3 Å². The second-order valence-electron chi connectivity index (χ2n) is 6.83. The summed E-state index contributed by atoms with van der Waals surface area (Å²) in [5.41, 5.74) is 0.0882. The summed E-state index contributed by atoms with van der Waals surface area (Å²) in [5.74, 6) is 0.644. The molecule has 0 aromatic heterocycles. The van der Waals surface area contributed by atoms with E-state index in [1.54, 1.807) is 0 Å². The molecule has 1 nitrogen and oxygen atoms in total. The van der Waals surface area contributed by atoms with Gasteiger partial charge in [0.15, 0.2) is 0 Å². The Morgan fingerprint density at radius 1 is 1.12 bits per heavy atom. The summed E-state index contributed by atoms with van der Waals surface area (Å²) in [5, 5.41) is 0. The van der Waals surface area contributed by atoms with E-state index in [-0.39, 0.29) is 11.2 Å². The Labute approximate surface area is 108 Å². The van der Waals surface area contributed by atoms with Crippen LogP contribution in [0.5, 0.6) is 0 Å². The molecule has 0 N–H and O–H groups in total. The highest BCUT2D eigenvalue weighted by Gasteiger charge is 2.35. The van der Waals surface area contributed by atoms with Crippen LogP contribution in [0.15, 0.2) is 12.2 Å². The molecule has 0 amide bonds. The molecule has 0 spiro atoms. The molecule has 0 atom stereocenters. The fourth-order valence-electron chi connectivity index (χ4n) is 2.75. The van der Waals surface area contributed by atoms with Crippen LogP contribution in [0, 0.1) is 5.92 Å². The van der Waals surface area contributed by atoms with E-state index in [1.807, 2.05) is 0 Å². The van der Waals surface area contributed by atoms with E-state index in [1.165, 1.54) is 32.1 Å². The molecule has 100 valence electrons. The summed E-state index contributed by atoms with van der Waals surface area (Å²) >= 11 is 0. The van der Waals surface area contributed by atoms with Gasteiger partial charge in [-0.05, 0) is 46.0 Å². The average molecular weight is 238 g/mol. The molecule has 17 heavy (non-hydrogen) atoms. The average Bonchev–Trinajstić information content (AvgIpc) is 2.15. The minimum absolute atomic E-state index is 0.0248. The predicted octanol–water partition coefficient (Wildman–Crippen LogP) is 5.11. The minimum Gasteiger partial charge on any atom is -0.369 e. The molecule has 0 radical (unpaired) electrons. The molecule has 0 heterocycles. The number of rotatable bonds is 4. The van der Waals surface area contributed by atoms with Crippen molar-refractivity contribution in [2.24, 2.45) is 5.92 Å². The van der Waals surface area contributed by atoms with Crippen LogP contribution < -0.4 is 0 Å². The molecule has 1 heteroatoms. The number of ether oxygens (including phenoxy) is 1. The maximum Gasteiger partial charge on any atom is 0.0723 e. The van der Waals surface area contributed by atoms with Crippen molar-refractivity contribution in [2.75, 3.05) is 0 Å². The van der Waals surface area contributed by atoms with E-state index < -0.39 is 0 Å². The van der Waals surface area contributed by atoms with Crippen molar-refractivity contribution in [3.63, 3.8) is 0 Å². The summed E-state index contributed by atoms with van der Waals surface area (Å²) in [6.07, 6.45) is 12.2. The first-order valence-electron chi connectivity index (χ1n) is 7.20. The Kier molecular flexibility index (Phi) is 5.24. The molecule has 0 aliphatic heterocycles. The first-order valence-corrected chi connectivity index (χ1v) is 7.20. The van der Waals surface area contributed by atoms with Gasteiger partial charge >= 0.3 is 0 Å². The summed E-state index contributed by atoms with van der Waals surface area (Å²) in [6.45, 7) is 11.0. The van der Waals surface area contributed by atoms with Gasteiger partial charge in [0.2, 0.25) is 0 Å². The lowest BCUT2D eigenvalue weighted by atomic mass is 9.81. The van der Waals surface area contributed by atoms with Crippen molar-refractivity contribution in [1.29, 1.82) is 0 Å². The molecule has 0 aromatic carbocycles. The van der Waals surface area contributed by atoms with E-state index in [0.29, 0.717) is 5.92 Å². The monoisotopic (exact) mass is 238 g/mol. The molecule has 1 aliphatic rings. The Morgan fingerprint density at radius 2 is 1.71 bits per heavy atom. The Balaban J connectivity index is 2.65. The van der Waals surface area contributed by atoms with Crippen LogP contribution in [0.2, 0.25) is 0 Å². The van der Waals surface area contributed by atoms with Crippen molar-refractivity contribution in [1.82, 2.24) is 0 Å². The van der Waals surface area contributed by atoms with E-state index in [0.717, 1.165) is 6.42 Å². The summed E-state index contributed by atoms with van der Waals surface area (Å²) < 4.78 is 6.40. The van der Waals surface area contributed by atoms with Crippen molar-refractivity contribution >= 4 is 0 Å². The Bertz CT molecular complexity index is 239. The quantitative estimate of drug-likeness (QED) is 0.619. The molecular weight excluding hydrogens is 208 g/mol. The van der Waals surface area contributed by atoms with Gasteiger partial charge in [-0.25, -0.2) is 0 Å². The van der Waals surface area contributed by atoms with Crippen LogP contribution in [0.25, 0.3) is 0 Å². The SMILES string of the molecule is CC(C)C=CCC1(OC(C)(C)C)CCCCC1. The van der Waals surface area contributed by atoms with Crippen molar-refractivity contribution in [2.45, 2.75) is 84.3 Å². The first kappa shape index (κ1) is 14.8. The molecule has 0 unspecified atom stereocenters. The second kappa shape index (κ2) is 6.04. The largest absolute Gasteiger partial charge is 0.369 e. The lowest BCUT2D eigenvalue weighted by molar-refractivity contribution is -0.146. The van der Waals surface area contributed by atoms with Gasteiger partial charge in [0.05, 0.1) is 11.2 Å². The topological polar surface area (TPSA) is 9.23 Å². The standard InChI is InChI=1S/C16H30O/c1-14(2)10-9-13-16(17-15(3,4)5)11-7-6-8-12-16/h9-10,14H,6-8,11-13H2,1-5H3. The zero-order valence-electron chi connectivity index (χ0n) is 12.4. The fourth-order valence-corrected chi connectivity index (χ4v) is 2.75. The molecule has 1 saturated carbocycles. The normalized spacial score (nSPS) is 21.3. The predicted molar refractivity (Wildman–Crippen MR) is 75.2 cm³/mol. The third-order valence-electron chi connectivity index (χ3n) is 3.30. The number of hydrogen-bond donors (Lipinski definition) is 0. The zero-order chi connectivity index (χ0) is 12.9. The van der Waals surface area contributed by atoms with Crippen LogP contribution in [-0.2, 0) is 4.74 Å². The number of hydrogen-bond acceptors (Lipinski definition) is 1. The van der Waals surface area contributed by atoms with Crippen molar-refractivity contribution in [3.05, 3.63) is 12.2 Å². The number of allylic oxidation sites excluding steroid dienone is 1. The smallest absolute Gasteiger partial charge is 0.0723 e. The van der Waals surface area contributed by atoms with Gasteiger partial charge in [-0.3, -0.25) is 0 Å². The molecular formula is C16H30O. The third kappa shape index (κ3) is 5.72. The summed E-state index contributed by atoms with van der Waals surface area (Å²) in [7, 11) is 0. The summed E-state index contributed by atoms with van der Waals surface area (Å²) in [4.78, 5) is 0. The van der Waals surface area contributed by atoms with Gasteiger partial charge in [0, 0.05) is 0 Å². The van der Waals surface area contributed by atoms with Gasteiger partial charge in [-0.15, -0.1) is 0 Å². The maximum absolute atomic E-state index is 6.40. The van der Waals surface area contributed by atoms with E-state index in [9.17, 15) is 0 Å². The highest BCUT2D eigenvalue weighted by Crippen LogP contribution is 2.38. The van der Waals surface area contributed by atoms with Gasteiger partial charge in [-0.2, -0.15) is 0 Å². The van der Waals surface area contributed by atoms with E-state index >= 15 is 0 Å². The van der Waals surface area contributed by atoms with Crippen molar-refractivity contribution in [3.8, 4) is 0 Å². The Morgan fingerprint density at radius 3 is 2.18 bits per heavy atom. The first-order chi connectivity index (χ1) is 7.83. The van der Waals surface area contributed by atoms with E-state index in [4.69, 9.17) is 4.74 Å². The van der Waals surface area contributed by atoms with Crippen LogP contribution in [-0.4, -0.2) is 11.2 Å². The second-order valence-corrected chi connectivity index (χ2v) is 6.83. The lowest BCUT2D eigenvalue weighted by Gasteiger charge is -2.42. The van der Waals surface area contributed by atoms with E-state index in [2.05, 4.69) is 46.8 Å². The third-order valence-corrected chi connectivity index (χ3v) is 3.30. The maximum atomic E-state index is 6.40. The highest BCUT2D eigenvalue weighted by atomic mass is 16.5. The van der Waals surface area contributed by atoms with Crippen LogP contribution in [0.3, 0.4) is 0 Å². The van der Waals surface area contributed by atoms with Gasteiger partial charge < -0.3 is 4.74 Å². The molecule has 0 saturated heterocycles. The molecule has 1 aliphatic carbocycles.